The lowest BCUT2D eigenvalue weighted by Gasteiger charge is -2.07. The first-order chi connectivity index (χ1) is 10.2. The number of rotatable bonds is 4. The van der Waals surface area contributed by atoms with Crippen molar-refractivity contribution >= 4 is 5.69 Å². The van der Waals surface area contributed by atoms with Crippen LogP contribution in [0, 0.1) is 13.8 Å². The molecular weight excluding hydrogens is 264 g/mol. The number of nitrogens with zero attached hydrogens (tertiary/aromatic N) is 4. The highest BCUT2D eigenvalue weighted by Crippen LogP contribution is 2.23. The molecule has 3 aromatic rings. The van der Waals surface area contributed by atoms with Crippen molar-refractivity contribution < 1.29 is 0 Å². The summed E-state index contributed by atoms with van der Waals surface area (Å²) in [5, 5.41) is 15.1. The van der Waals surface area contributed by atoms with Crippen molar-refractivity contribution in [2.45, 2.75) is 20.4 Å². The van der Waals surface area contributed by atoms with Gasteiger partial charge in [-0.25, -0.2) is 0 Å². The predicted octanol–water partition coefficient (Wildman–Crippen LogP) is 2.43. The Hall–Kier alpha value is -2.63. The van der Waals surface area contributed by atoms with Crippen LogP contribution in [0.3, 0.4) is 0 Å². The number of hydrogen-bond donors (Lipinski definition) is 2. The van der Waals surface area contributed by atoms with E-state index in [1.165, 1.54) is 0 Å². The van der Waals surface area contributed by atoms with Crippen LogP contribution in [0.25, 0.3) is 11.3 Å². The van der Waals surface area contributed by atoms with Gasteiger partial charge in [0.15, 0.2) is 0 Å². The van der Waals surface area contributed by atoms with E-state index in [-0.39, 0.29) is 0 Å². The lowest BCUT2D eigenvalue weighted by atomic mass is 10.1. The summed E-state index contributed by atoms with van der Waals surface area (Å²) in [6.07, 6.45) is 5.44. The minimum atomic E-state index is 0.689. The minimum Gasteiger partial charge on any atom is -0.378 e. The van der Waals surface area contributed by atoms with Gasteiger partial charge in [0, 0.05) is 37.1 Å². The molecule has 3 heterocycles. The van der Waals surface area contributed by atoms with Crippen molar-refractivity contribution in [2.75, 3.05) is 5.32 Å². The van der Waals surface area contributed by atoms with E-state index >= 15 is 0 Å². The summed E-state index contributed by atoms with van der Waals surface area (Å²) in [5.74, 6) is 0. The second-order valence-corrected chi connectivity index (χ2v) is 5.03. The zero-order chi connectivity index (χ0) is 14.8. The van der Waals surface area contributed by atoms with E-state index in [0.29, 0.717) is 6.54 Å². The Morgan fingerprint density at radius 3 is 2.81 bits per heavy atom. The van der Waals surface area contributed by atoms with Gasteiger partial charge in [-0.3, -0.25) is 14.8 Å². The van der Waals surface area contributed by atoms with Gasteiger partial charge in [-0.05, 0) is 26.0 Å². The Morgan fingerprint density at radius 2 is 2.14 bits per heavy atom. The highest BCUT2D eigenvalue weighted by atomic mass is 15.3. The van der Waals surface area contributed by atoms with Gasteiger partial charge >= 0.3 is 0 Å². The van der Waals surface area contributed by atoms with Crippen LogP contribution in [-0.4, -0.2) is 25.0 Å². The molecule has 0 saturated heterocycles. The number of anilines is 1. The van der Waals surface area contributed by atoms with Crippen molar-refractivity contribution in [3.63, 3.8) is 0 Å². The summed E-state index contributed by atoms with van der Waals surface area (Å²) >= 11 is 0. The molecule has 108 valence electrons. The van der Waals surface area contributed by atoms with E-state index in [2.05, 4.69) is 32.5 Å². The number of hydrogen-bond acceptors (Lipinski definition) is 4. The average molecular weight is 282 g/mol. The maximum Gasteiger partial charge on any atom is 0.0827 e. The fourth-order valence-corrected chi connectivity index (χ4v) is 2.42. The fraction of sp³-hybridized carbons (Fsp3) is 0.267. The fourth-order valence-electron chi connectivity index (χ4n) is 2.42. The summed E-state index contributed by atoms with van der Waals surface area (Å²) in [6, 6.07) is 3.94. The molecule has 0 fully saturated rings. The molecule has 3 rings (SSSR count). The van der Waals surface area contributed by atoms with Gasteiger partial charge in [-0.1, -0.05) is 0 Å². The molecule has 0 atom stereocenters. The maximum absolute atomic E-state index is 4.41. The molecule has 0 saturated carbocycles. The van der Waals surface area contributed by atoms with E-state index in [0.717, 1.165) is 33.9 Å². The number of nitrogens with one attached hydrogen (secondary N) is 2. The molecule has 6 heteroatoms. The topological polar surface area (TPSA) is 71.4 Å². The van der Waals surface area contributed by atoms with Crippen molar-refractivity contribution in [1.82, 2.24) is 25.0 Å². The Bertz CT molecular complexity index is 741. The molecule has 0 radical (unpaired) electrons. The van der Waals surface area contributed by atoms with E-state index in [9.17, 15) is 0 Å². The van der Waals surface area contributed by atoms with Crippen molar-refractivity contribution in [3.8, 4) is 11.3 Å². The third-order valence-electron chi connectivity index (χ3n) is 3.63. The largest absolute Gasteiger partial charge is 0.378 e. The van der Waals surface area contributed by atoms with E-state index in [1.54, 1.807) is 6.20 Å². The molecule has 0 aliphatic rings. The van der Waals surface area contributed by atoms with Crippen LogP contribution in [0.5, 0.6) is 0 Å². The Balaban J connectivity index is 1.82. The van der Waals surface area contributed by atoms with Gasteiger partial charge in [-0.15, -0.1) is 0 Å². The number of pyridine rings is 1. The van der Waals surface area contributed by atoms with Gasteiger partial charge in [0.1, 0.15) is 0 Å². The highest BCUT2D eigenvalue weighted by molar-refractivity contribution is 5.62. The molecule has 3 aromatic heterocycles. The lowest BCUT2D eigenvalue weighted by Crippen LogP contribution is -2.02. The van der Waals surface area contributed by atoms with Crippen molar-refractivity contribution in [1.29, 1.82) is 0 Å². The van der Waals surface area contributed by atoms with Gasteiger partial charge in [0.2, 0.25) is 0 Å². The Morgan fingerprint density at radius 1 is 1.29 bits per heavy atom. The summed E-state index contributed by atoms with van der Waals surface area (Å²) < 4.78 is 1.88. The zero-order valence-electron chi connectivity index (χ0n) is 12.4. The van der Waals surface area contributed by atoms with E-state index in [1.807, 2.05) is 43.2 Å². The third kappa shape index (κ3) is 2.52. The highest BCUT2D eigenvalue weighted by Gasteiger charge is 2.11. The third-order valence-corrected chi connectivity index (χ3v) is 3.63. The predicted molar refractivity (Wildman–Crippen MR) is 81.8 cm³/mol. The number of aromatic nitrogens is 5. The van der Waals surface area contributed by atoms with Gasteiger partial charge in [0.25, 0.3) is 0 Å². The summed E-state index contributed by atoms with van der Waals surface area (Å²) in [6.45, 7) is 4.75. The first-order valence-electron chi connectivity index (χ1n) is 6.83. The number of H-pyrrole nitrogens is 1. The van der Waals surface area contributed by atoms with Crippen molar-refractivity contribution in [2.24, 2.45) is 7.05 Å². The minimum absolute atomic E-state index is 0.689. The lowest BCUT2D eigenvalue weighted by molar-refractivity contribution is 0.731. The smallest absolute Gasteiger partial charge is 0.0827 e. The summed E-state index contributed by atoms with van der Waals surface area (Å²) in [7, 11) is 1.95. The van der Waals surface area contributed by atoms with Crippen LogP contribution in [0.15, 0.2) is 30.7 Å². The molecule has 0 aromatic carbocycles. The second kappa shape index (κ2) is 5.40. The quantitative estimate of drug-likeness (QED) is 0.771. The SMILES string of the molecule is Cc1nn(C)c(C)c1NCc1cn[nH]c1-c1cccnc1. The molecular formula is C15H18N6. The first-order valence-corrected chi connectivity index (χ1v) is 6.83. The Kier molecular flexibility index (Phi) is 3.43. The van der Waals surface area contributed by atoms with Crippen LogP contribution in [0.1, 0.15) is 17.0 Å². The second-order valence-electron chi connectivity index (χ2n) is 5.03. The number of aromatic amines is 1. The molecule has 6 nitrogen and oxygen atoms in total. The molecule has 0 bridgehead atoms. The zero-order valence-corrected chi connectivity index (χ0v) is 12.4. The van der Waals surface area contributed by atoms with Gasteiger partial charge in [-0.2, -0.15) is 10.2 Å². The monoisotopic (exact) mass is 282 g/mol. The standard InChI is InChI=1S/C15H18N6/c1-10-14(11(2)21(3)20-10)17-8-13-9-18-19-15(13)12-5-4-6-16-7-12/h4-7,9,17H,8H2,1-3H3,(H,18,19). The molecule has 21 heavy (non-hydrogen) atoms. The first kappa shape index (κ1) is 13.4. The van der Waals surface area contributed by atoms with E-state index < -0.39 is 0 Å². The molecule has 2 N–H and O–H groups in total. The van der Waals surface area contributed by atoms with Crippen LogP contribution < -0.4 is 5.32 Å². The summed E-state index contributed by atoms with van der Waals surface area (Å²) in [5.41, 5.74) is 6.34. The molecule has 0 spiro atoms. The van der Waals surface area contributed by atoms with Gasteiger partial charge < -0.3 is 5.32 Å². The molecule has 0 aliphatic carbocycles. The van der Waals surface area contributed by atoms with Gasteiger partial charge in [0.05, 0.1) is 29.0 Å². The molecule has 0 amide bonds. The maximum atomic E-state index is 4.41. The molecule has 0 unspecified atom stereocenters. The van der Waals surface area contributed by atoms with E-state index in [4.69, 9.17) is 0 Å². The van der Waals surface area contributed by atoms with Crippen LogP contribution in [0.2, 0.25) is 0 Å². The normalized spacial score (nSPS) is 10.8. The Labute approximate surface area is 123 Å². The average Bonchev–Trinajstić information content (AvgIpc) is 3.04. The van der Waals surface area contributed by atoms with Crippen LogP contribution in [-0.2, 0) is 13.6 Å². The van der Waals surface area contributed by atoms with Crippen LogP contribution in [0.4, 0.5) is 5.69 Å². The summed E-state index contributed by atoms with van der Waals surface area (Å²) in [4.78, 5) is 4.15. The van der Waals surface area contributed by atoms with Crippen LogP contribution >= 0.6 is 0 Å². The number of aryl methyl sites for hydroxylation is 2. The van der Waals surface area contributed by atoms with Crippen molar-refractivity contribution in [3.05, 3.63) is 47.7 Å². The molecule has 0 aliphatic heterocycles.